The third kappa shape index (κ3) is 5.37. The molecule has 1 saturated carbocycles. The van der Waals surface area contributed by atoms with Crippen molar-refractivity contribution in [2.75, 3.05) is 26.8 Å². The van der Waals surface area contributed by atoms with E-state index in [1.165, 1.54) is 0 Å². The van der Waals surface area contributed by atoms with Crippen LogP contribution in [0.5, 0.6) is 0 Å². The van der Waals surface area contributed by atoms with E-state index in [0.717, 1.165) is 25.7 Å². The third-order valence-electron chi connectivity index (χ3n) is 3.15. The van der Waals surface area contributed by atoms with Crippen LogP contribution in [0.25, 0.3) is 0 Å². The number of urea groups is 1. The lowest BCUT2D eigenvalue weighted by Crippen LogP contribution is -2.45. The van der Waals surface area contributed by atoms with E-state index in [1.807, 2.05) is 6.92 Å². The molecule has 1 aliphatic carbocycles. The van der Waals surface area contributed by atoms with Gasteiger partial charge in [0, 0.05) is 26.2 Å². The molecule has 0 atom stereocenters. The summed E-state index contributed by atoms with van der Waals surface area (Å²) in [4.78, 5) is 13.4. The molecule has 5 nitrogen and oxygen atoms in total. The van der Waals surface area contributed by atoms with Crippen LogP contribution in [0.2, 0.25) is 0 Å². The second-order valence-corrected chi connectivity index (χ2v) is 4.57. The number of likely N-dealkylation sites (N-methyl/N-ethyl adjacent to an activating group) is 1. The Bertz CT molecular complexity index is 228. The fraction of sp³-hybridized carbons (Fsp3) is 0.917. The molecule has 0 unspecified atom stereocenters. The quantitative estimate of drug-likeness (QED) is 0.708. The number of aliphatic hydroxyl groups is 1. The van der Waals surface area contributed by atoms with Crippen LogP contribution < -0.4 is 5.32 Å². The topological polar surface area (TPSA) is 61.8 Å². The molecule has 5 heteroatoms. The van der Waals surface area contributed by atoms with Crippen LogP contribution >= 0.6 is 0 Å². The molecule has 1 fully saturated rings. The van der Waals surface area contributed by atoms with Crippen LogP contribution in [0.4, 0.5) is 4.79 Å². The minimum Gasteiger partial charge on any atom is -0.393 e. The lowest BCUT2D eigenvalue weighted by molar-refractivity contribution is 0.111. The molecule has 1 rings (SSSR count). The minimum atomic E-state index is -0.182. The van der Waals surface area contributed by atoms with Crippen LogP contribution in [-0.2, 0) is 4.74 Å². The third-order valence-corrected chi connectivity index (χ3v) is 3.15. The van der Waals surface area contributed by atoms with Gasteiger partial charge in [0.2, 0.25) is 0 Å². The maximum atomic E-state index is 11.8. The highest BCUT2D eigenvalue weighted by Gasteiger charge is 2.21. The number of hydrogen-bond acceptors (Lipinski definition) is 3. The Hall–Kier alpha value is -0.810. The van der Waals surface area contributed by atoms with Gasteiger partial charge in [-0.2, -0.15) is 0 Å². The van der Waals surface area contributed by atoms with Gasteiger partial charge in [-0.25, -0.2) is 4.79 Å². The Kier molecular flexibility index (Phi) is 6.29. The largest absolute Gasteiger partial charge is 0.393 e. The number of hydrogen-bond donors (Lipinski definition) is 2. The van der Waals surface area contributed by atoms with Gasteiger partial charge in [0.25, 0.3) is 0 Å². The molecule has 2 N–H and O–H groups in total. The van der Waals surface area contributed by atoms with Gasteiger partial charge in [-0.05, 0) is 32.6 Å². The fourth-order valence-electron chi connectivity index (χ4n) is 1.95. The zero-order valence-corrected chi connectivity index (χ0v) is 10.8. The summed E-state index contributed by atoms with van der Waals surface area (Å²) in [7, 11) is 1.77. The molecule has 0 radical (unpaired) electrons. The highest BCUT2D eigenvalue weighted by molar-refractivity contribution is 5.74. The van der Waals surface area contributed by atoms with Crippen molar-refractivity contribution in [2.45, 2.75) is 44.8 Å². The summed E-state index contributed by atoms with van der Waals surface area (Å²) in [6, 6.07) is 0.159. The van der Waals surface area contributed by atoms with Gasteiger partial charge in [-0.3, -0.25) is 0 Å². The van der Waals surface area contributed by atoms with Gasteiger partial charge in [0.1, 0.15) is 0 Å². The van der Waals surface area contributed by atoms with E-state index in [9.17, 15) is 9.90 Å². The molecular weight excluding hydrogens is 220 g/mol. The van der Waals surface area contributed by atoms with Gasteiger partial charge in [-0.1, -0.05) is 0 Å². The van der Waals surface area contributed by atoms with E-state index in [-0.39, 0.29) is 18.2 Å². The summed E-state index contributed by atoms with van der Waals surface area (Å²) in [6.45, 7) is 3.79. The second-order valence-electron chi connectivity index (χ2n) is 4.57. The molecule has 100 valence electrons. The van der Waals surface area contributed by atoms with Crippen molar-refractivity contribution in [3.63, 3.8) is 0 Å². The first-order valence-electron chi connectivity index (χ1n) is 6.41. The first-order valence-corrected chi connectivity index (χ1v) is 6.41. The Morgan fingerprint density at radius 3 is 2.65 bits per heavy atom. The first kappa shape index (κ1) is 14.3. The van der Waals surface area contributed by atoms with Gasteiger partial charge in [0.15, 0.2) is 0 Å². The number of rotatable bonds is 5. The number of carbonyl (C=O) groups excluding carboxylic acids is 1. The van der Waals surface area contributed by atoms with E-state index in [0.29, 0.717) is 19.8 Å². The van der Waals surface area contributed by atoms with Gasteiger partial charge in [-0.15, -0.1) is 0 Å². The van der Waals surface area contributed by atoms with Crippen LogP contribution in [0.1, 0.15) is 32.6 Å². The predicted molar refractivity (Wildman–Crippen MR) is 65.9 cm³/mol. The smallest absolute Gasteiger partial charge is 0.317 e. The van der Waals surface area contributed by atoms with E-state index >= 15 is 0 Å². The standard InChI is InChI=1S/C12H24N2O3/c1-3-17-9-8-14(2)12(16)13-10-4-6-11(15)7-5-10/h10-11,15H,3-9H2,1-2H3,(H,13,16). The summed E-state index contributed by atoms with van der Waals surface area (Å²) < 4.78 is 5.20. The molecule has 1 aliphatic rings. The molecule has 0 aromatic rings. The zero-order chi connectivity index (χ0) is 12.7. The molecule has 0 aliphatic heterocycles. The maximum absolute atomic E-state index is 11.8. The minimum absolute atomic E-state index is 0.0499. The fourth-order valence-corrected chi connectivity index (χ4v) is 1.95. The van der Waals surface area contributed by atoms with Crippen LogP contribution in [0.15, 0.2) is 0 Å². The van der Waals surface area contributed by atoms with Gasteiger partial charge in [0.05, 0.1) is 12.7 Å². The Balaban J connectivity index is 2.19. The number of nitrogens with zero attached hydrogens (tertiary/aromatic N) is 1. The highest BCUT2D eigenvalue weighted by atomic mass is 16.5. The number of amides is 2. The van der Waals surface area contributed by atoms with Crippen molar-refractivity contribution >= 4 is 6.03 Å². The van der Waals surface area contributed by atoms with Crippen LogP contribution in [-0.4, -0.2) is 55.0 Å². The maximum Gasteiger partial charge on any atom is 0.317 e. The summed E-state index contributed by atoms with van der Waals surface area (Å²) in [5.41, 5.74) is 0. The van der Waals surface area contributed by atoms with E-state index in [4.69, 9.17) is 4.74 Å². The monoisotopic (exact) mass is 244 g/mol. The van der Waals surface area contributed by atoms with E-state index in [2.05, 4.69) is 5.32 Å². The number of nitrogens with one attached hydrogen (secondary N) is 1. The van der Waals surface area contributed by atoms with Crippen molar-refractivity contribution in [3.05, 3.63) is 0 Å². The molecule has 2 amide bonds. The van der Waals surface area contributed by atoms with Crippen LogP contribution in [0, 0.1) is 0 Å². The Labute approximate surface area is 103 Å². The predicted octanol–water partition coefficient (Wildman–Crippen LogP) is 0.968. The molecule has 0 aromatic heterocycles. The van der Waals surface area contributed by atoms with Crippen molar-refractivity contribution < 1.29 is 14.6 Å². The molecule has 0 saturated heterocycles. The van der Waals surface area contributed by atoms with Gasteiger partial charge < -0.3 is 20.1 Å². The Morgan fingerprint density at radius 2 is 2.06 bits per heavy atom. The van der Waals surface area contributed by atoms with E-state index < -0.39 is 0 Å². The molecule has 0 spiro atoms. The highest BCUT2D eigenvalue weighted by Crippen LogP contribution is 2.18. The zero-order valence-electron chi connectivity index (χ0n) is 10.8. The summed E-state index contributed by atoms with van der Waals surface area (Å²) in [5, 5.41) is 12.4. The molecule has 17 heavy (non-hydrogen) atoms. The molecule has 0 aromatic carbocycles. The number of carbonyl (C=O) groups is 1. The van der Waals surface area contributed by atoms with Crippen molar-refractivity contribution in [1.29, 1.82) is 0 Å². The lowest BCUT2D eigenvalue weighted by Gasteiger charge is -2.28. The normalized spacial score (nSPS) is 24.4. The SMILES string of the molecule is CCOCCN(C)C(=O)NC1CCC(O)CC1. The average Bonchev–Trinajstić information content (AvgIpc) is 2.32. The number of aliphatic hydroxyl groups excluding tert-OH is 1. The van der Waals surface area contributed by atoms with Crippen molar-refractivity contribution in [3.8, 4) is 0 Å². The van der Waals surface area contributed by atoms with Crippen molar-refractivity contribution in [2.24, 2.45) is 0 Å². The van der Waals surface area contributed by atoms with E-state index in [1.54, 1.807) is 11.9 Å². The first-order chi connectivity index (χ1) is 8.13. The van der Waals surface area contributed by atoms with Crippen LogP contribution in [0.3, 0.4) is 0 Å². The summed E-state index contributed by atoms with van der Waals surface area (Å²) >= 11 is 0. The molecule has 0 heterocycles. The molecule has 0 bridgehead atoms. The summed E-state index contributed by atoms with van der Waals surface area (Å²) in [5.74, 6) is 0. The lowest BCUT2D eigenvalue weighted by atomic mass is 9.93. The Morgan fingerprint density at radius 1 is 1.41 bits per heavy atom. The average molecular weight is 244 g/mol. The van der Waals surface area contributed by atoms with Gasteiger partial charge >= 0.3 is 6.03 Å². The number of ether oxygens (including phenoxy) is 1. The molecular formula is C12H24N2O3. The summed E-state index contributed by atoms with van der Waals surface area (Å²) in [6.07, 6.45) is 3.12. The van der Waals surface area contributed by atoms with Crippen molar-refractivity contribution in [1.82, 2.24) is 10.2 Å². The second kappa shape index (κ2) is 7.50.